The minimum atomic E-state index is -0.832. The third-order valence-electron chi connectivity index (χ3n) is 2.57. The Morgan fingerprint density at radius 2 is 2.11 bits per heavy atom. The van der Waals surface area contributed by atoms with Crippen molar-refractivity contribution in [3.05, 3.63) is 35.7 Å². The number of aryl methyl sites for hydroxylation is 1. The zero-order valence-electron chi connectivity index (χ0n) is 10.6. The molecule has 100 valence electrons. The first-order valence-corrected chi connectivity index (χ1v) is 5.97. The van der Waals surface area contributed by atoms with E-state index >= 15 is 0 Å². The summed E-state index contributed by atoms with van der Waals surface area (Å²) in [6.45, 7) is 2.78. The van der Waals surface area contributed by atoms with Crippen LogP contribution < -0.4 is 5.32 Å². The second-order valence-corrected chi connectivity index (χ2v) is 4.20. The molecule has 2 aromatic rings. The molecule has 0 radical (unpaired) electrons. The number of nitrogens with one attached hydrogen (secondary N) is 1. The third-order valence-corrected chi connectivity index (χ3v) is 2.57. The van der Waals surface area contributed by atoms with Crippen LogP contribution in [0.5, 0.6) is 0 Å². The lowest BCUT2D eigenvalue weighted by Gasteiger charge is -1.97. The predicted molar refractivity (Wildman–Crippen MR) is 68.4 cm³/mol. The van der Waals surface area contributed by atoms with Gasteiger partial charge in [-0.15, -0.1) is 0 Å². The van der Waals surface area contributed by atoms with Gasteiger partial charge in [-0.25, -0.2) is 0 Å². The number of hydrogen-bond acceptors (Lipinski definition) is 5. The Hall–Kier alpha value is -2.21. The van der Waals surface area contributed by atoms with Crippen molar-refractivity contribution in [3.63, 3.8) is 0 Å². The van der Waals surface area contributed by atoms with E-state index in [1.54, 1.807) is 0 Å². The van der Waals surface area contributed by atoms with Gasteiger partial charge < -0.3 is 14.9 Å². The molecule has 0 amide bonds. The first-order chi connectivity index (χ1) is 9.15. The molecule has 0 unspecified atom stereocenters. The Morgan fingerprint density at radius 3 is 2.79 bits per heavy atom. The van der Waals surface area contributed by atoms with Gasteiger partial charge in [-0.1, -0.05) is 22.9 Å². The minimum Gasteiger partial charge on any atom is -0.481 e. The van der Waals surface area contributed by atoms with Crippen molar-refractivity contribution >= 4 is 5.97 Å². The van der Waals surface area contributed by atoms with E-state index in [0.717, 1.165) is 5.56 Å². The normalized spacial score (nSPS) is 10.6. The first kappa shape index (κ1) is 13.2. The van der Waals surface area contributed by atoms with Crippen LogP contribution in [0.25, 0.3) is 11.5 Å². The maximum Gasteiger partial charge on any atom is 0.304 e. The molecule has 19 heavy (non-hydrogen) atoms. The lowest BCUT2D eigenvalue weighted by Crippen LogP contribution is -2.18. The first-order valence-electron chi connectivity index (χ1n) is 5.97. The van der Waals surface area contributed by atoms with Gasteiger partial charge in [0.05, 0.1) is 13.0 Å². The second-order valence-electron chi connectivity index (χ2n) is 4.20. The van der Waals surface area contributed by atoms with Crippen LogP contribution in [0.2, 0.25) is 0 Å². The lowest BCUT2D eigenvalue weighted by molar-refractivity contribution is -0.136. The SMILES string of the molecule is Cc1ccc(-c2nc(CNCCC(=O)O)no2)cc1. The molecule has 0 aliphatic rings. The Labute approximate surface area is 110 Å². The molecule has 0 bridgehead atoms. The fraction of sp³-hybridized carbons (Fsp3) is 0.308. The number of rotatable bonds is 6. The molecule has 2 rings (SSSR count). The summed E-state index contributed by atoms with van der Waals surface area (Å²) >= 11 is 0. The van der Waals surface area contributed by atoms with E-state index in [1.807, 2.05) is 31.2 Å². The van der Waals surface area contributed by atoms with Crippen molar-refractivity contribution in [3.8, 4) is 11.5 Å². The molecular formula is C13H15N3O3. The van der Waals surface area contributed by atoms with Crippen LogP contribution in [0.3, 0.4) is 0 Å². The minimum absolute atomic E-state index is 0.0721. The van der Waals surface area contributed by atoms with Gasteiger partial charge in [0.25, 0.3) is 5.89 Å². The van der Waals surface area contributed by atoms with Gasteiger partial charge in [-0.3, -0.25) is 4.79 Å². The summed E-state index contributed by atoms with van der Waals surface area (Å²) in [6.07, 6.45) is 0.0721. The highest BCUT2D eigenvalue weighted by atomic mass is 16.5. The number of aliphatic carboxylic acids is 1. The van der Waals surface area contributed by atoms with Crippen LogP contribution >= 0.6 is 0 Å². The molecule has 2 N–H and O–H groups in total. The highest BCUT2D eigenvalue weighted by molar-refractivity contribution is 5.66. The van der Waals surface area contributed by atoms with Crippen LogP contribution in [0, 0.1) is 6.92 Å². The number of carboxylic acids is 1. The smallest absolute Gasteiger partial charge is 0.304 e. The summed E-state index contributed by atoms with van der Waals surface area (Å²) in [4.78, 5) is 14.6. The van der Waals surface area contributed by atoms with Crippen molar-refractivity contribution in [2.75, 3.05) is 6.54 Å². The van der Waals surface area contributed by atoms with Crippen LogP contribution in [0.15, 0.2) is 28.8 Å². The van der Waals surface area contributed by atoms with Gasteiger partial charge in [0, 0.05) is 12.1 Å². The van der Waals surface area contributed by atoms with E-state index < -0.39 is 5.97 Å². The number of hydrogen-bond donors (Lipinski definition) is 2. The number of carboxylic acid groups (broad SMARTS) is 1. The zero-order chi connectivity index (χ0) is 13.7. The Morgan fingerprint density at radius 1 is 1.37 bits per heavy atom. The molecule has 1 aromatic carbocycles. The second kappa shape index (κ2) is 6.10. The Balaban J connectivity index is 1.91. The highest BCUT2D eigenvalue weighted by Gasteiger charge is 2.08. The molecule has 0 aliphatic carbocycles. The summed E-state index contributed by atoms with van der Waals surface area (Å²) in [5.74, 6) is 0.150. The van der Waals surface area contributed by atoms with Crippen molar-refractivity contribution in [1.29, 1.82) is 0 Å². The van der Waals surface area contributed by atoms with E-state index in [2.05, 4.69) is 15.5 Å². The van der Waals surface area contributed by atoms with E-state index in [1.165, 1.54) is 5.56 Å². The molecule has 0 saturated carbocycles. The molecule has 0 aliphatic heterocycles. The topological polar surface area (TPSA) is 88.2 Å². The van der Waals surface area contributed by atoms with Gasteiger partial charge in [-0.2, -0.15) is 4.98 Å². The van der Waals surface area contributed by atoms with Crippen LogP contribution in [0.4, 0.5) is 0 Å². The molecule has 1 aromatic heterocycles. The number of nitrogens with zero attached hydrogens (tertiary/aromatic N) is 2. The van der Waals surface area contributed by atoms with E-state index in [9.17, 15) is 4.79 Å². The number of benzene rings is 1. The molecule has 0 fully saturated rings. The summed E-state index contributed by atoms with van der Waals surface area (Å²) < 4.78 is 5.15. The third kappa shape index (κ3) is 3.89. The van der Waals surface area contributed by atoms with E-state index in [0.29, 0.717) is 24.8 Å². The summed E-state index contributed by atoms with van der Waals surface area (Å²) in [5, 5.41) is 15.3. The standard InChI is InChI=1S/C13H15N3O3/c1-9-2-4-10(5-3-9)13-15-11(16-19-13)8-14-7-6-12(17)18/h2-5,14H,6-8H2,1H3,(H,17,18). The number of carbonyl (C=O) groups is 1. The molecular weight excluding hydrogens is 246 g/mol. The van der Waals surface area contributed by atoms with E-state index in [4.69, 9.17) is 9.63 Å². The maximum atomic E-state index is 10.3. The Bertz CT molecular complexity index is 549. The molecule has 6 heteroatoms. The average Bonchev–Trinajstić information content (AvgIpc) is 2.84. The zero-order valence-corrected chi connectivity index (χ0v) is 10.6. The molecule has 0 spiro atoms. The lowest BCUT2D eigenvalue weighted by atomic mass is 10.1. The predicted octanol–water partition coefficient (Wildman–Crippen LogP) is 1.61. The van der Waals surface area contributed by atoms with Gasteiger partial charge in [-0.05, 0) is 19.1 Å². The molecule has 1 heterocycles. The van der Waals surface area contributed by atoms with Crippen molar-refractivity contribution in [2.45, 2.75) is 19.9 Å². The van der Waals surface area contributed by atoms with Crippen molar-refractivity contribution < 1.29 is 14.4 Å². The van der Waals surface area contributed by atoms with Gasteiger partial charge >= 0.3 is 5.97 Å². The van der Waals surface area contributed by atoms with Gasteiger partial charge in [0.2, 0.25) is 0 Å². The summed E-state index contributed by atoms with van der Waals surface area (Å²) in [6, 6.07) is 7.80. The molecule has 0 atom stereocenters. The average molecular weight is 261 g/mol. The van der Waals surface area contributed by atoms with Crippen molar-refractivity contribution in [1.82, 2.24) is 15.5 Å². The summed E-state index contributed by atoms with van der Waals surface area (Å²) in [7, 11) is 0. The fourth-order valence-corrected chi connectivity index (χ4v) is 1.53. The monoisotopic (exact) mass is 261 g/mol. The Kier molecular flexibility index (Phi) is 4.25. The maximum absolute atomic E-state index is 10.3. The quantitative estimate of drug-likeness (QED) is 0.768. The van der Waals surface area contributed by atoms with Crippen LogP contribution in [0.1, 0.15) is 17.8 Å². The molecule has 0 saturated heterocycles. The largest absolute Gasteiger partial charge is 0.481 e. The fourth-order valence-electron chi connectivity index (χ4n) is 1.53. The molecule has 6 nitrogen and oxygen atoms in total. The summed E-state index contributed by atoms with van der Waals surface area (Å²) in [5.41, 5.74) is 2.04. The van der Waals surface area contributed by atoms with Gasteiger partial charge in [0.1, 0.15) is 0 Å². The van der Waals surface area contributed by atoms with Gasteiger partial charge in [0.15, 0.2) is 5.82 Å². The van der Waals surface area contributed by atoms with E-state index in [-0.39, 0.29) is 6.42 Å². The number of aromatic nitrogens is 2. The van der Waals surface area contributed by atoms with Crippen molar-refractivity contribution in [2.24, 2.45) is 0 Å². The van der Waals surface area contributed by atoms with Crippen LogP contribution in [-0.4, -0.2) is 27.8 Å². The highest BCUT2D eigenvalue weighted by Crippen LogP contribution is 2.17. The van der Waals surface area contributed by atoms with Crippen LogP contribution in [-0.2, 0) is 11.3 Å².